The summed E-state index contributed by atoms with van der Waals surface area (Å²) in [6, 6.07) is 11.8. The Bertz CT molecular complexity index is 677. The van der Waals surface area contributed by atoms with Gasteiger partial charge in [0.2, 0.25) is 0 Å². The first-order valence-corrected chi connectivity index (χ1v) is 6.53. The predicted octanol–water partition coefficient (Wildman–Crippen LogP) is 4.97. The van der Waals surface area contributed by atoms with E-state index in [4.69, 9.17) is 10.00 Å². The number of ether oxygens (including phenoxy) is 1. The minimum absolute atomic E-state index is 0.193. The van der Waals surface area contributed by atoms with Crippen LogP contribution in [0.1, 0.15) is 11.1 Å². The SMILES string of the molecule is N#Cc1cc(Oc2ccccc2I)ccc1C(F)(F)F. The maximum Gasteiger partial charge on any atom is 0.417 e. The van der Waals surface area contributed by atoms with Crippen molar-refractivity contribution >= 4 is 22.6 Å². The molecule has 2 rings (SSSR count). The van der Waals surface area contributed by atoms with Crippen LogP contribution < -0.4 is 4.74 Å². The van der Waals surface area contributed by atoms with Crippen molar-refractivity contribution in [3.63, 3.8) is 0 Å². The summed E-state index contributed by atoms with van der Waals surface area (Å²) in [6.45, 7) is 0. The molecule has 0 radical (unpaired) electrons. The molecule has 102 valence electrons. The number of halogens is 4. The number of benzene rings is 2. The highest BCUT2D eigenvalue weighted by Crippen LogP contribution is 2.35. The van der Waals surface area contributed by atoms with E-state index in [1.54, 1.807) is 18.2 Å². The molecule has 0 atom stereocenters. The van der Waals surface area contributed by atoms with E-state index in [9.17, 15) is 13.2 Å². The second kappa shape index (κ2) is 5.71. The number of hydrogen-bond acceptors (Lipinski definition) is 2. The van der Waals surface area contributed by atoms with Crippen molar-refractivity contribution in [2.45, 2.75) is 6.18 Å². The molecule has 0 amide bonds. The van der Waals surface area contributed by atoms with E-state index in [2.05, 4.69) is 22.6 Å². The molecule has 0 aliphatic heterocycles. The molecular weight excluding hydrogens is 382 g/mol. The van der Waals surface area contributed by atoms with Gasteiger partial charge in [-0.25, -0.2) is 0 Å². The van der Waals surface area contributed by atoms with Gasteiger partial charge in [0.15, 0.2) is 0 Å². The van der Waals surface area contributed by atoms with Gasteiger partial charge in [0, 0.05) is 0 Å². The molecule has 0 saturated heterocycles. The van der Waals surface area contributed by atoms with Crippen LogP contribution in [-0.2, 0) is 6.18 Å². The van der Waals surface area contributed by atoms with E-state index >= 15 is 0 Å². The molecule has 6 heteroatoms. The van der Waals surface area contributed by atoms with Gasteiger partial charge in [0.1, 0.15) is 11.5 Å². The second-order valence-corrected chi connectivity index (χ2v) is 5.01. The first-order chi connectivity index (χ1) is 9.41. The highest BCUT2D eigenvalue weighted by Gasteiger charge is 2.33. The summed E-state index contributed by atoms with van der Waals surface area (Å²) in [4.78, 5) is 0. The lowest BCUT2D eigenvalue weighted by Crippen LogP contribution is -2.07. The van der Waals surface area contributed by atoms with Crippen LogP contribution in [0.4, 0.5) is 13.2 Å². The quantitative estimate of drug-likeness (QED) is 0.680. The summed E-state index contributed by atoms with van der Waals surface area (Å²) in [6.07, 6.45) is -4.55. The largest absolute Gasteiger partial charge is 0.456 e. The molecule has 0 N–H and O–H groups in total. The van der Waals surface area contributed by atoms with Gasteiger partial charge in [-0.05, 0) is 52.9 Å². The average molecular weight is 389 g/mol. The summed E-state index contributed by atoms with van der Waals surface area (Å²) in [5, 5.41) is 8.82. The molecule has 2 nitrogen and oxygen atoms in total. The Kier molecular flexibility index (Phi) is 4.18. The monoisotopic (exact) mass is 389 g/mol. The molecule has 2 aromatic carbocycles. The van der Waals surface area contributed by atoms with Crippen molar-refractivity contribution in [2.24, 2.45) is 0 Å². The molecule has 0 unspecified atom stereocenters. The second-order valence-electron chi connectivity index (χ2n) is 3.85. The van der Waals surface area contributed by atoms with E-state index in [0.29, 0.717) is 5.75 Å². The van der Waals surface area contributed by atoms with Crippen LogP contribution in [0.25, 0.3) is 0 Å². The summed E-state index contributed by atoms with van der Waals surface area (Å²) in [5.41, 5.74) is -1.42. The molecule has 0 bridgehead atoms. The number of nitriles is 1. The summed E-state index contributed by atoms with van der Waals surface area (Å²) < 4.78 is 44.3. The van der Waals surface area contributed by atoms with E-state index in [1.165, 1.54) is 6.07 Å². The van der Waals surface area contributed by atoms with Crippen molar-refractivity contribution in [3.8, 4) is 17.6 Å². The fraction of sp³-hybridized carbons (Fsp3) is 0.0714. The molecule has 0 saturated carbocycles. The average Bonchev–Trinajstić information content (AvgIpc) is 2.40. The van der Waals surface area contributed by atoms with E-state index in [1.807, 2.05) is 12.1 Å². The molecule has 0 heterocycles. The molecule has 0 fully saturated rings. The highest BCUT2D eigenvalue weighted by atomic mass is 127. The smallest absolute Gasteiger partial charge is 0.417 e. The van der Waals surface area contributed by atoms with Crippen LogP contribution in [0.15, 0.2) is 42.5 Å². The molecule has 0 aliphatic rings. The third-order valence-corrected chi connectivity index (χ3v) is 3.37. The Hall–Kier alpha value is -1.75. The fourth-order valence-corrected chi connectivity index (χ4v) is 2.08. The Balaban J connectivity index is 2.37. The van der Waals surface area contributed by atoms with Crippen LogP contribution in [0, 0.1) is 14.9 Å². The standard InChI is InChI=1S/C14H7F3INO/c15-14(16,17)11-6-5-10(7-9(11)8-19)20-13-4-2-1-3-12(13)18/h1-7H. The Labute approximate surface area is 126 Å². The maximum atomic E-state index is 12.7. The lowest BCUT2D eigenvalue weighted by Gasteiger charge is -2.11. The van der Waals surface area contributed by atoms with Crippen LogP contribution in [0.3, 0.4) is 0 Å². The van der Waals surface area contributed by atoms with Gasteiger partial charge in [-0.1, -0.05) is 12.1 Å². The zero-order chi connectivity index (χ0) is 14.8. The first kappa shape index (κ1) is 14.7. The van der Waals surface area contributed by atoms with E-state index in [0.717, 1.165) is 15.7 Å². The van der Waals surface area contributed by atoms with Gasteiger partial charge in [-0.15, -0.1) is 0 Å². The minimum Gasteiger partial charge on any atom is -0.456 e. The van der Waals surface area contributed by atoms with Crippen LogP contribution >= 0.6 is 22.6 Å². The van der Waals surface area contributed by atoms with Gasteiger partial charge in [-0.3, -0.25) is 0 Å². The predicted molar refractivity (Wildman–Crippen MR) is 75.4 cm³/mol. The van der Waals surface area contributed by atoms with Crippen molar-refractivity contribution in [1.29, 1.82) is 5.26 Å². The molecular formula is C14H7F3INO. The van der Waals surface area contributed by atoms with Crippen molar-refractivity contribution in [3.05, 3.63) is 57.2 Å². The van der Waals surface area contributed by atoms with E-state index in [-0.39, 0.29) is 5.75 Å². The minimum atomic E-state index is -4.55. The van der Waals surface area contributed by atoms with Crippen molar-refractivity contribution in [1.82, 2.24) is 0 Å². The topological polar surface area (TPSA) is 33.0 Å². The maximum absolute atomic E-state index is 12.7. The van der Waals surface area contributed by atoms with Gasteiger partial charge >= 0.3 is 6.18 Å². The summed E-state index contributed by atoms with van der Waals surface area (Å²) in [7, 11) is 0. The third-order valence-electron chi connectivity index (χ3n) is 2.48. The fourth-order valence-electron chi connectivity index (χ4n) is 1.58. The normalized spacial score (nSPS) is 10.9. The number of hydrogen-bond donors (Lipinski definition) is 0. The van der Waals surface area contributed by atoms with Gasteiger partial charge in [0.05, 0.1) is 20.8 Å². The molecule has 2 aromatic rings. The number of rotatable bonds is 2. The Morgan fingerprint density at radius 2 is 1.80 bits per heavy atom. The lowest BCUT2D eigenvalue weighted by molar-refractivity contribution is -0.137. The van der Waals surface area contributed by atoms with E-state index < -0.39 is 17.3 Å². The zero-order valence-corrected chi connectivity index (χ0v) is 12.1. The molecule has 0 aromatic heterocycles. The van der Waals surface area contributed by atoms with Crippen molar-refractivity contribution < 1.29 is 17.9 Å². The highest BCUT2D eigenvalue weighted by molar-refractivity contribution is 14.1. The molecule has 0 spiro atoms. The van der Waals surface area contributed by atoms with Crippen LogP contribution in [-0.4, -0.2) is 0 Å². The molecule has 0 aliphatic carbocycles. The number of nitrogens with zero attached hydrogens (tertiary/aromatic N) is 1. The number of para-hydroxylation sites is 1. The summed E-state index contributed by atoms with van der Waals surface area (Å²) >= 11 is 2.05. The lowest BCUT2D eigenvalue weighted by atomic mass is 10.1. The summed E-state index contributed by atoms with van der Waals surface area (Å²) in [5.74, 6) is 0.718. The first-order valence-electron chi connectivity index (χ1n) is 5.45. The van der Waals surface area contributed by atoms with Crippen LogP contribution in [0.5, 0.6) is 11.5 Å². The van der Waals surface area contributed by atoms with Crippen LogP contribution in [0.2, 0.25) is 0 Å². The van der Waals surface area contributed by atoms with Crippen molar-refractivity contribution in [2.75, 3.05) is 0 Å². The van der Waals surface area contributed by atoms with Gasteiger partial charge < -0.3 is 4.74 Å². The number of alkyl halides is 3. The van der Waals surface area contributed by atoms with Gasteiger partial charge in [-0.2, -0.15) is 18.4 Å². The third kappa shape index (κ3) is 3.22. The Morgan fingerprint density at radius 3 is 2.40 bits per heavy atom. The van der Waals surface area contributed by atoms with Gasteiger partial charge in [0.25, 0.3) is 0 Å². The Morgan fingerprint density at radius 1 is 1.10 bits per heavy atom. The molecule has 20 heavy (non-hydrogen) atoms. The zero-order valence-electron chi connectivity index (χ0n) is 9.91.